The van der Waals surface area contributed by atoms with Crippen molar-refractivity contribution in [2.75, 3.05) is 0 Å². The average Bonchev–Trinajstić information content (AvgIpc) is 2.41. The van der Waals surface area contributed by atoms with Crippen LogP contribution in [0, 0.1) is 6.92 Å². The van der Waals surface area contributed by atoms with E-state index < -0.39 is 0 Å². The monoisotopic (exact) mass is 284 g/mol. The summed E-state index contributed by atoms with van der Waals surface area (Å²) in [6, 6.07) is 14.4. The molecular weight excluding hydrogens is 260 g/mol. The third kappa shape index (κ3) is 4.01. The van der Waals surface area contributed by atoms with Gasteiger partial charge in [-0.1, -0.05) is 30.3 Å². The van der Waals surface area contributed by atoms with Crippen molar-refractivity contribution in [2.45, 2.75) is 46.8 Å². The van der Waals surface area contributed by atoms with Crippen LogP contribution in [0.1, 0.15) is 33.3 Å². The molecule has 0 aliphatic heterocycles. The smallest absolute Gasteiger partial charge is 0.130 e. The fourth-order valence-electron chi connectivity index (χ4n) is 2.26. The van der Waals surface area contributed by atoms with Crippen LogP contribution >= 0.6 is 0 Å². The Balaban J connectivity index is 2.35. The summed E-state index contributed by atoms with van der Waals surface area (Å²) in [4.78, 5) is 0. The SMILES string of the molecule is Cc1cccc(-c2ccc(OC(C)C)cc2)c1OC(C)C. The van der Waals surface area contributed by atoms with Gasteiger partial charge < -0.3 is 9.47 Å². The van der Waals surface area contributed by atoms with Gasteiger partial charge in [0.05, 0.1) is 12.2 Å². The van der Waals surface area contributed by atoms with Crippen LogP contribution in [0.15, 0.2) is 42.5 Å². The van der Waals surface area contributed by atoms with Crippen molar-refractivity contribution in [1.82, 2.24) is 0 Å². The molecule has 0 aliphatic carbocycles. The summed E-state index contributed by atoms with van der Waals surface area (Å²) in [6.07, 6.45) is 0.350. The maximum Gasteiger partial charge on any atom is 0.130 e. The second-order valence-corrected chi connectivity index (χ2v) is 5.81. The number of ether oxygens (including phenoxy) is 2. The summed E-state index contributed by atoms with van der Waals surface area (Å²) in [7, 11) is 0. The van der Waals surface area contributed by atoms with Crippen LogP contribution in [-0.4, -0.2) is 12.2 Å². The standard InChI is InChI=1S/C19H24O2/c1-13(2)20-17-11-9-16(10-12-17)18-8-6-7-15(5)19(18)21-14(3)4/h6-14H,1-5H3. The molecule has 2 heteroatoms. The Bertz CT molecular complexity index is 583. The fraction of sp³-hybridized carbons (Fsp3) is 0.368. The van der Waals surface area contributed by atoms with Gasteiger partial charge in [-0.25, -0.2) is 0 Å². The molecule has 0 bridgehead atoms. The third-order valence-corrected chi connectivity index (χ3v) is 3.10. The molecule has 2 aromatic carbocycles. The van der Waals surface area contributed by atoms with Gasteiger partial charge in [-0.3, -0.25) is 0 Å². The van der Waals surface area contributed by atoms with E-state index >= 15 is 0 Å². The summed E-state index contributed by atoms with van der Waals surface area (Å²) in [5.74, 6) is 1.86. The van der Waals surface area contributed by atoms with Gasteiger partial charge in [0.25, 0.3) is 0 Å². The molecule has 0 aliphatic rings. The fourth-order valence-corrected chi connectivity index (χ4v) is 2.26. The van der Waals surface area contributed by atoms with Gasteiger partial charge in [0.1, 0.15) is 11.5 Å². The largest absolute Gasteiger partial charge is 0.491 e. The molecule has 0 saturated carbocycles. The Kier molecular flexibility index (Phi) is 4.89. The van der Waals surface area contributed by atoms with Gasteiger partial charge >= 0.3 is 0 Å². The molecule has 0 radical (unpaired) electrons. The third-order valence-electron chi connectivity index (χ3n) is 3.10. The summed E-state index contributed by atoms with van der Waals surface area (Å²) in [5, 5.41) is 0. The molecule has 0 aromatic heterocycles. The molecule has 0 amide bonds. The molecule has 2 aromatic rings. The zero-order chi connectivity index (χ0) is 15.4. The quantitative estimate of drug-likeness (QED) is 0.748. The van der Waals surface area contributed by atoms with Gasteiger partial charge in [0, 0.05) is 5.56 Å². The topological polar surface area (TPSA) is 18.5 Å². The highest BCUT2D eigenvalue weighted by Gasteiger charge is 2.11. The van der Waals surface area contributed by atoms with Crippen molar-refractivity contribution in [1.29, 1.82) is 0 Å². The van der Waals surface area contributed by atoms with Crippen LogP contribution in [0.3, 0.4) is 0 Å². The lowest BCUT2D eigenvalue weighted by molar-refractivity contribution is 0.241. The summed E-state index contributed by atoms with van der Waals surface area (Å²) in [5.41, 5.74) is 3.42. The Hall–Kier alpha value is -1.96. The van der Waals surface area contributed by atoms with Crippen molar-refractivity contribution < 1.29 is 9.47 Å². The highest BCUT2D eigenvalue weighted by Crippen LogP contribution is 2.34. The van der Waals surface area contributed by atoms with E-state index in [2.05, 4.69) is 51.1 Å². The lowest BCUT2D eigenvalue weighted by atomic mass is 10.0. The maximum absolute atomic E-state index is 5.99. The van der Waals surface area contributed by atoms with Crippen LogP contribution in [0.5, 0.6) is 11.5 Å². The molecule has 0 spiro atoms. The van der Waals surface area contributed by atoms with Crippen LogP contribution in [0.25, 0.3) is 11.1 Å². The minimum absolute atomic E-state index is 0.161. The van der Waals surface area contributed by atoms with E-state index in [1.165, 1.54) is 0 Å². The van der Waals surface area contributed by atoms with Crippen LogP contribution < -0.4 is 9.47 Å². The Morgan fingerprint density at radius 1 is 0.762 bits per heavy atom. The van der Waals surface area contributed by atoms with Gasteiger partial charge in [-0.05, 0) is 57.9 Å². The molecule has 0 saturated heterocycles. The lowest BCUT2D eigenvalue weighted by Gasteiger charge is -2.17. The molecule has 112 valence electrons. The molecule has 0 unspecified atom stereocenters. The van der Waals surface area contributed by atoms with E-state index in [9.17, 15) is 0 Å². The molecular formula is C19H24O2. The van der Waals surface area contributed by atoms with E-state index in [1.807, 2.05) is 26.0 Å². The maximum atomic E-state index is 5.99. The average molecular weight is 284 g/mol. The number of hydrogen-bond acceptors (Lipinski definition) is 2. The first-order valence-corrected chi connectivity index (χ1v) is 7.50. The summed E-state index contributed by atoms with van der Waals surface area (Å²) < 4.78 is 11.7. The van der Waals surface area contributed by atoms with Crippen molar-refractivity contribution in [3.63, 3.8) is 0 Å². The molecule has 0 atom stereocenters. The van der Waals surface area contributed by atoms with E-state index in [-0.39, 0.29) is 12.2 Å². The molecule has 0 heterocycles. The van der Waals surface area contributed by atoms with Gasteiger partial charge in [-0.2, -0.15) is 0 Å². The summed E-state index contributed by atoms with van der Waals surface area (Å²) >= 11 is 0. The van der Waals surface area contributed by atoms with Crippen molar-refractivity contribution in [2.24, 2.45) is 0 Å². The van der Waals surface area contributed by atoms with E-state index in [1.54, 1.807) is 0 Å². The lowest BCUT2D eigenvalue weighted by Crippen LogP contribution is -2.08. The Labute approximate surface area is 127 Å². The molecule has 0 fully saturated rings. The number of rotatable bonds is 5. The predicted molar refractivity (Wildman–Crippen MR) is 88.1 cm³/mol. The van der Waals surface area contributed by atoms with E-state index in [0.29, 0.717) is 0 Å². The molecule has 0 N–H and O–H groups in total. The van der Waals surface area contributed by atoms with Crippen molar-refractivity contribution in [3.8, 4) is 22.6 Å². The zero-order valence-corrected chi connectivity index (χ0v) is 13.5. The van der Waals surface area contributed by atoms with Crippen molar-refractivity contribution in [3.05, 3.63) is 48.0 Å². The number of benzene rings is 2. The highest BCUT2D eigenvalue weighted by molar-refractivity contribution is 5.72. The van der Waals surface area contributed by atoms with Crippen LogP contribution in [0.4, 0.5) is 0 Å². The number of hydrogen-bond donors (Lipinski definition) is 0. The van der Waals surface area contributed by atoms with E-state index in [0.717, 1.165) is 28.2 Å². The molecule has 21 heavy (non-hydrogen) atoms. The van der Waals surface area contributed by atoms with Crippen LogP contribution in [0.2, 0.25) is 0 Å². The second-order valence-electron chi connectivity index (χ2n) is 5.81. The van der Waals surface area contributed by atoms with Crippen LogP contribution in [-0.2, 0) is 0 Å². The first-order chi connectivity index (χ1) is 9.97. The first-order valence-electron chi connectivity index (χ1n) is 7.50. The molecule has 2 nitrogen and oxygen atoms in total. The first kappa shape index (κ1) is 15.4. The Morgan fingerprint density at radius 2 is 1.38 bits per heavy atom. The zero-order valence-electron chi connectivity index (χ0n) is 13.5. The normalized spacial score (nSPS) is 11.0. The van der Waals surface area contributed by atoms with Crippen molar-refractivity contribution >= 4 is 0 Å². The van der Waals surface area contributed by atoms with E-state index in [4.69, 9.17) is 9.47 Å². The highest BCUT2D eigenvalue weighted by atomic mass is 16.5. The summed E-state index contributed by atoms with van der Waals surface area (Å²) in [6.45, 7) is 10.2. The number of aryl methyl sites for hydroxylation is 1. The minimum atomic E-state index is 0.161. The minimum Gasteiger partial charge on any atom is -0.491 e. The second kappa shape index (κ2) is 6.66. The predicted octanol–water partition coefficient (Wildman–Crippen LogP) is 5.24. The van der Waals surface area contributed by atoms with Gasteiger partial charge in [0.2, 0.25) is 0 Å². The Morgan fingerprint density at radius 3 is 1.95 bits per heavy atom. The molecule has 2 rings (SSSR count). The van der Waals surface area contributed by atoms with Gasteiger partial charge in [-0.15, -0.1) is 0 Å². The number of para-hydroxylation sites is 1. The van der Waals surface area contributed by atoms with Gasteiger partial charge in [0.15, 0.2) is 0 Å².